The summed E-state index contributed by atoms with van der Waals surface area (Å²) in [4.78, 5) is 8.20. The average molecular weight is 237 g/mol. The van der Waals surface area contributed by atoms with E-state index in [1.807, 2.05) is 13.0 Å². The van der Waals surface area contributed by atoms with E-state index in [1.165, 1.54) is 6.33 Å². The van der Waals surface area contributed by atoms with Gasteiger partial charge in [0, 0.05) is 12.7 Å². The Labute approximate surface area is 102 Å². The van der Waals surface area contributed by atoms with E-state index < -0.39 is 0 Å². The van der Waals surface area contributed by atoms with Crippen molar-refractivity contribution in [1.29, 1.82) is 0 Å². The topological polar surface area (TPSA) is 56.3 Å². The van der Waals surface area contributed by atoms with Crippen molar-refractivity contribution in [2.45, 2.75) is 38.8 Å². The highest BCUT2D eigenvalue weighted by Gasteiger charge is 2.22. The van der Waals surface area contributed by atoms with Crippen LogP contribution in [0.1, 0.15) is 26.7 Å². The first-order valence-corrected chi connectivity index (χ1v) is 6.12. The van der Waals surface area contributed by atoms with Gasteiger partial charge in [-0.2, -0.15) is 0 Å². The van der Waals surface area contributed by atoms with E-state index in [1.54, 1.807) is 0 Å². The molecule has 5 nitrogen and oxygen atoms in total. The van der Waals surface area contributed by atoms with Crippen molar-refractivity contribution >= 4 is 5.82 Å². The smallest absolute Gasteiger partial charge is 0.218 e. The van der Waals surface area contributed by atoms with Crippen LogP contribution < -0.4 is 10.1 Å². The fraction of sp³-hybridized carbons (Fsp3) is 0.667. The molecule has 2 rings (SSSR count). The van der Waals surface area contributed by atoms with Crippen LogP contribution in [0.3, 0.4) is 0 Å². The molecule has 1 aliphatic rings. The fourth-order valence-electron chi connectivity index (χ4n) is 1.97. The lowest BCUT2D eigenvalue weighted by Gasteiger charge is -2.20. The molecule has 17 heavy (non-hydrogen) atoms. The fourth-order valence-corrected chi connectivity index (χ4v) is 1.97. The number of hydrogen-bond donors (Lipinski definition) is 1. The zero-order valence-corrected chi connectivity index (χ0v) is 10.3. The van der Waals surface area contributed by atoms with E-state index in [-0.39, 0.29) is 12.1 Å². The van der Waals surface area contributed by atoms with E-state index in [0.29, 0.717) is 12.5 Å². The molecule has 1 aromatic rings. The standard InChI is InChI=1S/C12H19N3O2/c1-3-16-12-7-11(13-8-14-12)15-9(2)10-5-4-6-17-10/h7-10H,3-6H2,1-2H3,(H,13,14,15). The highest BCUT2D eigenvalue weighted by molar-refractivity contribution is 5.38. The molecule has 0 bridgehead atoms. The monoisotopic (exact) mass is 237 g/mol. The number of aromatic nitrogens is 2. The quantitative estimate of drug-likeness (QED) is 0.847. The maximum absolute atomic E-state index is 5.63. The molecular formula is C12H19N3O2. The summed E-state index contributed by atoms with van der Waals surface area (Å²) < 4.78 is 11.0. The van der Waals surface area contributed by atoms with Crippen LogP contribution in [0.2, 0.25) is 0 Å². The summed E-state index contributed by atoms with van der Waals surface area (Å²) in [5.41, 5.74) is 0. The van der Waals surface area contributed by atoms with Crippen molar-refractivity contribution in [3.05, 3.63) is 12.4 Å². The maximum atomic E-state index is 5.63. The van der Waals surface area contributed by atoms with Gasteiger partial charge >= 0.3 is 0 Å². The minimum absolute atomic E-state index is 0.252. The molecule has 0 aliphatic carbocycles. The van der Waals surface area contributed by atoms with Gasteiger partial charge in [-0.05, 0) is 26.7 Å². The van der Waals surface area contributed by atoms with Gasteiger partial charge in [0.2, 0.25) is 5.88 Å². The van der Waals surface area contributed by atoms with E-state index in [0.717, 1.165) is 25.3 Å². The second-order valence-electron chi connectivity index (χ2n) is 4.16. The van der Waals surface area contributed by atoms with Crippen LogP contribution in [0.5, 0.6) is 5.88 Å². The minimum Gasteiger partial charge on any atom is -0.478 e. The van der Waals surface area contributed by atoms with Gasteiger partial charge < -0.3 is 14.8 Å². The van der Waals surface area contributed by atoms with Gasteiger partial charge in [0.25, 0.3) is 0 Å². The van der Waals surface area contributed by atoms with Crippen molar-refractivity contribution in [2.24, 2.45) is 0 Å². The molecule has 2 heterocycles. The van der Waals surface area contributed by atoms with Crippen LogP contribution in [0.25, 0.3) is 0 Å². The highest BCUT2D eigenvalue weighted by Crippen LogP contribution is 2.19. The second-order valence-corrected chi connectivity index (χ2v) is 4.16. The zero-order chi connectivity index (χ0) is 12.1. The van der Waals surface area contributed by atoms with Gasteiger partial charge in [0.05, 0.1) is 18.8 Å². The Morgan fingerprint density at radius 2 is 2.47 bits per heavy atom. The van der Waals surface area contributed by atoms with Gasteiger partial charge in [-0.1, -0.05) is 0 Å². The third-order valence-electron chi connectivity index (χ3n) is 2.83. The number of nitrogens with zero attached hydrogens (tertiary/aromatic N) is 2. The molecule has 5 heteroatoms. The predicted octanol–water partition coefficient (Wildman–Crippen LogP) is 1.85. The lowest BCUT2D eigenvalue weighted by Crippen LogP contribution is -2.30. The predicted molar refractivity (Wildman–Crippen MR) is 65.3 cm³/mol. The molecule has 1 fully saturated rings. The van der Waals surface area contributed by atoms with Crippen LogP contribution in [0.4, 0.5) is 5.82 Å². The molecule has 94 valence electrons. The van der Waals surface area contributed by atoms with E-state index in [2.05, 4.69) is 22.2 Å². The summed E-state index contributed by atoms with van der Waals surface area (Å²) >= 11 is 0. The van der Waals surface area contributed by atoms with Gasteiger partial charge in [0.15, 0.2) is 0 Å². The van der Waals surface area contributed by atoms with Crippen molar-refractivity contribution < 1.29 is 9.47 Å². The molecule has 0 saturated carbocycles. The van der Waals surface area contributed by atoms with Crippen LogP contribution in [-0.2, 0) is 4.74 Å². The molecule has 1 aromatic heterocycles. The van der Waals surface area contributed by atoms with Gasteiger partial charge in [-0.3, -0.25) is 0 Å². The van der Waals surface area contributed by atoms with Crippen LogP contribution in [-0.4, -0.2) is 35.3 Å². The summed E-state index contributed by atoms with van der Waals surface area (Å²) in [6.45, 7) is 5.52. The third kappa shape index (κ3) is 3.30. The lowest BCUT2D eigenvalue weighted by molar-refractivity contribution is 0.0995. The molecule has 0 aromatic carbocycles. The summed E-state index contributed by atoms with van der Waals surface area (Å²) in [6.07, 6.45) is 4.04. The van der Waals surface area contributed by atoms with Gasteiger partial charge in [-0.15, -0.1) is 0 Å². The Morgan fingerprint density at radius 1 is 1.59 bits per heavy atom. The Hall–Kier alpha value is -1.36. The van der Waals surface area contributed by atoms with E-state index >= 15 is 0 Å². The minimum atomic E-state index is 0.252. The van der Waals surface area contributed by atoms with E-state index in [9.17, 15) is 0 Å². The number of anilines is 1. The molecule has 0 amide bonds. The number of rotatable bonds is 5. The zero-order valence-electron chi connectivity index (χ0n) is 10.3. The highest BCUT2D eigenvalue weighted by atomic mass is 16.5. The molecule has 1 saturated heterocycles. The lowest BCUT2D eigenvalue weighted by atomic mass is 10.1. The SMILES string of the molecule is CCOc1cc(NC(C)C2CCCO2)ncn1. The summed E-state index contributed by atoms with van der Waals surface area (Å²) in [7, 11) is 0. The Morgan fingerprint density at radius 3 is 3.18 bits per heavy atom. The maximum Gasteiger partial charge on any atom is 0.218 e. The molecule has 0 radical (unpaired) electrons. The Balaban J connectivity index is 1.94. The van der Waals surface area contributed by atoms with Gasteiger partial charge in [0.1, 0.15) is 12.1 Å². The summed E-state index contributed by atoms with van der Waals surface area (Å²) in [6, 6.07) is 2.07. The molecule has 2 unspecified atom stereocenters. The van der Waals surface area contributed by atoms with Crippen LogP contribution >= 0.6 is 0 Å². The van der Waals surface area contributed by atoms with Crippen molar-refractivity contribution in [3.8, 4) is 5.88 Å². The average Bonchev–Trinajstić information content (AvgIpc) is 2.83. The molecule has 0 spiro atoms. The van der Waals surface area contributed by atoms with E-state index in [4.69, 9.17) is 9.47 Å². The van der Waals surface area contributed by atoms with Crippen molar-refractivity contribution in [2.75, 3.05) is 18.5 Å². The molecular weight excluding hydrogens is 218 g/mol. The number of ether oxygens (including phenoxy) is 2. The first kappa shape index (κ1) is 12.1. The molecule has 1 N–H and O–H groups in total. The Bertz CT molecular complexity index is 353. The molecule has 1 aliphatic heterocycles. The normalized spacial score (nSPS) is 21.2. The Kier molecular flexibility index (Phi) is 4.14. The van der Waals surface area contributed by atoms with Gasteiger partial charge in [-0.25, -0.2) is 9.97 Å². The van der Waals surface area contributed by atoms with Crippen molar-refractivity contribution in [3.63, 3.8) is 0 Å². The van der Waals surface area contributed by atoms with Crippen LogP contribution in [0.15, 0.2) is 12.4 Å². The third-order valence-corrected chi connectivity index (χ3v) is 2.83. The summed E-state index contributed by atoms with van der Waals surface area (Å²) in [5, 5.41) is 3.33. The number of nitrogens with one attached hydrogen (secondary N) is 1. The van der Waals surface area contributed by atoms with Crippen molar-refractivity contribution in [1.82, 2.24) is 9.97 Å². The summed E-state index contributed by atoms with van der Waals surface area (Å²) in [5.74, 6) is 1.39. The van der Waals surface area contributed by atoms with Crippen LogP contribution in [0, 0.1) is 0 Å². The number of hydrogen-bond acceptors (Lipinski definition) is 5. The first-order chi connectivity index (χ1) is 8.29. The molecule has 2 atom stereocenters. The first-order valence-electron chi connectivity index (χ1n) is 6.12. The largest absolute Gasteiger partial charge is 0.478 e. The second kappa shape index (κ2) is 5.82.